The minimum absolute atomic E-state index is 0.00345. The number of carbonyl (C=O) groups is 1. The predicted molar refractivity (Wildman–Crippen MR) is 75.0 cm³/mol. The van der Waals surface area contributed by atoms with E-state index in [-0.39, 0.29) is 23.6 Å². The van der Waals surface area contributed by atoms with Crippen molar-refractivity contribution in [2.45, 2.75) is 19.4 Å². The van der Waals surface area contributed by atoms with Gasteiger partial charge in [-0.1, -0.05) is 0 Å². The molecule has 0 amide bonds. The number of ketones is 1. The molecule has 0 saturated carbocycles. The van der Waals surface area contributed by atoms with E-state index in [1.54, 1.807) is 11.8 Å². The maximum atomic E-state index is 13.7. The van der Waals surface area contributed by atoms with Crippen LogP contribution in [0.5, 0.6) is 0 Å². The third-order valence-corrected chi connectivity index (χ3v) is 5.43. The molecule has 1 aromatic carbocycles. The number of hydrogen-bond donors (Lipinski definition) is 0. The monoisotopic (exact) mass is 317 g/mol. The fourth-order valence-corrected chi connectivity index (χ4v) is 3.71. The van der Waals surface area contributed by atoms with E-state index in [1.165, 1.54) is 0 Å². The lowest BCUT2D eigenvalue weighted by Gasteiger charge is -2.26. The van der Waals surface area contributed by atoms with Gasteiger partial charge >= 0.3 is 0 Å². The number of benzene rings is 1. The molecule has 1 heterocycles. The van der Waals surface area contributed by atoms with Crippen molar-refractivity contribution in [2.24, 2.45) is 0 Å². The number of carbonyl (C=O) groups excluding carboxylic acids is 1. The van der Waals surface area contributed by atoms with Crippen molar-refractivity contribution >= 4 is 15.6 Å². The second-order valence-corrected chi connectivity index (χ2v) is 7.51. The molecule has 0 aromatic heterocycles. The normalized spacial score (nSPS) is 20.7. The van der Waals surface area contributed by atoms with Gasteiger partial charge in [-0.15, -0.1) is 0 Å². The summed E-state index contributed by atoms with van der Waals surface area (Å²) in [5.74, 6) is -2.00. The zero-order chi connectivity index (χ0) is 15.6. The van der Waals surface area contributed by atoms with Gasteiger partial charge in [-0.2, -0.15) is 0 Å². The van der Waals surface area contributed by atoms with Crippen LogP contribution in [0.2, 0.25) is 0 Å². The second-order valence-electron chi connectivity index (χ2n) is 5.21. The van der Waals surface area contributed by atoms with E-state index in [9.17, 15) is 22.0 Å². The van der Waals surface area contributed by atoms with Gasteiger partial charge in [0, 0.05) is 12.6 Å². The predicted octanol–water partition coefficient (Wildman–Crippen LogP) is 1.66. The Balaban J connectivity index is 2.15. The lowest BCUT2D eigenvalue weighted by atomic mass is 10.0. The number of nitrogens with zero attached hydrogens (tertiary/aromatic N) is 1. The van der Waals surface area contributed by atoms with Gasteiger partial charge in [-0.3, -0.25) is 9.69 Å². The Morgan fingerprint density at radius 2 is 1.95 bits per heavy atom. The van der Waals surface area contributed by atoms with Crippen LogP contribution in [0.15, 0.2) is 18.2 Å². The Labute approximate surface area is 122 Å². The molecule has 7 heteroatoms. The van der Waals surface area contributed by atoms with Crippen LogP contribution in [-0.4, -0.2) is 49.7 Å². The molecule has 1 aliphatic heterocycles. The smallest absolute Gasteiger partial charge is 0.182 e. The first-order chi connectivity index (χ1) is 9.80. The van der Waals surface area contributed by atoms with E-state index in [0.29, 0.717) is 19.0 Å². The molecule has 2 rings (SSSR count). The topological polar surface area (TPSA) is 54.5 Å². The Morgan fingerprint density at radius 3 is 2.62 bits per heavy atom. The third kappa shape index (κ3) is 3.85. The summed E-state index contributed by atoms with van der Waals surface area (Å²) in [7, 11) is -3.07. The van der Waals surface area contributed by atoms with Crippen LogP contribution in [-0.2, 0) is 9.84 Å². The van der Waals surface area contributed by atoms with Gasteiger partial charge in [0.25, 0.3) is 0 Å². The average Bonchev–Trinajstić information content (AvgIpc) is 2.58. The van der Waals surface area contributed by atoms with Gasteiger partial charge in [-0.25, -0.2) is 17.2 Å². The van der Waals surface area contributed by atoms with Crippen molar-refractivity contribution in [3.05, 3.63) is 35.4 Å². The Morgan fingerprint density at radius 1 is 1.24 bits per heavy atom. The molecule has 1 saturated heterocycles. The number of hydrogen-bond acceptors (Lipinski definition) is 4. The maximum absolute atomic E-state index is 13.7. The van der Waals surface area contributed by atoms with Crippen molar-refractivity contribution in [1.29, 1.82) is 0 Å². The molecule has 0 bridgehead atoms. The largest absolute Gasteiger partial charge is 0.292 e. The molecule has 0 radical (unpaired) electrons. The van der Waals surface area contributed by atoms with Crippen LogP contribution in [0.4, 0.5) is 8.78 Å². The number of Topliss-reactive ketones (excluding diaryl/α,β-unsaturated/α-hetero) is 1. The molecule has 4 nitrogen and oxygen atoms in total. The highest BCUT2D eigenvalue weighted by Crippen LogP contribution is 2.16. The number of rotatable bonds is 3. The number of sulfone groups is 1. The minimum Gasteiger partial charge on any atom is -0.292 e. The summed E-state index contributed by atoms with van der Waals surface area (Å²) in [6.45, 7) is 2.33. The van der Waals surface area contributed by atoms with Crippen molar-refractivity contribution in [3.8, 4) is 0 Å². The summed E-state index contributed by atoms with van der Waals surface area (Å²) in [5.41, 5.74) is -0.170. The van der Waals surface area contributed by atoms with Crippen LogP contribution in [0.25, 0.3) is 0 Å². The summed E-state index contributed by atoms with van der Waals surface area (Å²) < 4.78 is 49.6. The maximum Gasteiger partial charge on any atom is 0.182 e. The van der Waals surface area contributed by atoms with Crippen LogP contribution in [0, 0.1) is 11.6 Å². The fraction of sp³-hybridized carbons (Fsp3) is 0.500. The van der Waals surface area contributed by atoms with E-state index in [2.05, 4.69) is 0 Å². The highest BCUT2D eigenvalue weighted by Gasteiger charge is 2.28. The van der Waals surface area contributed by atoms with Gasteiger partial charge in [0.2, 0.25) is 0 Å². The molecule has 116 valence electrons. The van der Waals surface area contributed by atoms with Crippen molar-refractivity contribution in [3.63, 3.8) is 0 Å². The van der Waals surface area contributed by atoms with Crippen molar-refractivity contribution in [1.82, 2.24) is 4.90 Å². The molecule has 0 N–H and O–H groups in total. The van der Waals surface area contributed by atoms with Crippen LogP contribution >= 0.6 is 0 Å². The summed E-state index contributed by atoms with van der Waals surface area (Å²) in [6, 6.07) is 2.19. The van der Waals surface area contributed by atoms with Gasteiger partial charge in [-0.05, 0) is 32.0 Å². The first kappa shape index (κ1) is 16.0. The molecule has 1 aromatic rings. The zero-order valence-electron chi connectivity index (χ0n) is 11.7. The van der Waals surface area contributed by atoms with Gasteiger partial charge in [0.1, 0.15) is 11.6 Å². The van der Waals surface area contributed by atoms with E-state index >= 15 is 0 Å². The lowest BCUT2D eigenvalue weighted by Crippen LogP contribution is -2.41. The molecular weight excluding hydrogens is 300 g/mol. The Hall–Kier alpha value is -1.34. The molecule has 1 atom stereocenters. The Bertz CT molecular complexity index is 646. The quantitative estimate of drug-likeness (QED) is 0.796. The summed E-state index contributed by atoms with van der Waals surface area (Å²) >= 11 is 0. The molecule has 1 fully saturated rings. The highest BCUT2D eigenvalue weighted by atomic mass is 32.2. The van der Waals surface area contributed by atoms with Gasteiger partial charge in [0.05, 0.1) is 23.1 Å². The summed E-state index contributed by atoms with van der Waals surface area (Å²) in [6.07, 6.45) is 0.450. The number of halogens is 2. The fourth-order valence-electron chi connectivity index (χ4n) is 2.43. The third-order valence-electron chi connectivity index (χ3n) is 3.71. The first-order valence-electron chi connectivity index (χ1n) is 6.74. The van der Waals surface area contributed by atoms with Crippen LogP contribution in [0.1, 0.15) is 23.7 Å². The first-order valence-corrected chi connectivity index (χ1v) is 8.56. The van der Waals surface area contributed by atoms with Crippen LogP contribution in [0.3, 0.4) is 0 Å². The van der Waals surface area contributed by atoms with Gasteiger partial charge in [0.15, 0.2) is 15.6 Å². The van der Waals surface area contributed by atoms with Crippen LogP contribution < -0.4 is 0 Å². The molecule has 1 unspecified atom stereocenters. The summed E-state index contributed by atoms with van der Waals surface area (Å²) in [4.78, 5) is 14.0. The van der Waals surface area contributed by atoms with E-state index in [1.807, 2.05) is 0 Å². The molecule has 0 spiro atoms. The molecular formula is C14H17F2NO3S. The second kappa shape index (κ2) is 6.19. The zero-order valence-corrected chi connectivity index (χ0v) is 12.5. The van der Waals surface area contributed by atoms with Crippen molar-refractivity contribution < 1.29 is 22.0 Å². The standard InChI is InChI=1S/C14H17F2NO3S/c1-10(17-5-2-7-21(19,20)8-6-17)14(18)12-4-3-11(15)9-13(12)16/h3-4,9-10H,2,5-8H2,1H3. The molecule has 21 heavy (non-hydrogen) atoms. The average molecular weight is 317 g/mol. The van der Waals surface area contributed by atoms with E-state index in [4.69, 9.17) is 0 Å². The SMILES string of the molecule is CC(C(=O)c1ccc(F)cc1F)N1CCCS(=O)(=O)CC1. The van der Waals surface area contributed by atoms with E-state index in [0.717, 1.165) is 12.1 Å². The minimum atomic E-state index is -3.07. The van der Waals surface area contributed by atoms with Gasteiger partial charge < -0.3 is 0 Å². The molecule has 1 aliphatic rings. The van der Waals surface area contributed by atoms with Crippen molar-refractivity contribution in [2.75, 3.05) is 24.6 Å². The molecule has 0 aliphatic carbocycles. The lowest BCUT2D eigenvalue weighted by molar-refractivity contribution is 0.0844. The van der Waals surface area contributed by atoms with E-state index < -0.39 is 33.3 Å². The summed E-state index contributed by atoms with van der Waals surface area (Å²) in [5, 5.41) is 0. The highest BCUT2D eigenvalue weighted by molar-refractivity contribution is 7.91. The Kier molecular flexibility index (Phi) is 4.73.